The maximum absolute atomic E-state index is 5.38. The number of hydrogen-bond acceptors (Lipinski definition) is 2. The van der Waals surface area contributed by atoms with Gasteiger partial charge in [-0.2, -0.15) is 0 Å². The van der Waals surface area contributed by atoms with Gasteiger partial charge in [0.05, 0.1) is 6.26 Å². The van der Waals surface area contributed by atoms with Gasteiger partial charge in [-0.25, -0.2) is 0 Å². The fourth-order valence-electron chi connectivity index (χ4n) is 1.68. The smallest absolute Gasteiger partial charge is 0.134 e. The second-order valence-corrected chi connectivity index (χ2v) is 4.02. The van der Waals surface area contributed by atoms with Gasteiger partial charge < -0.3 is 9.73 Å². The van der Waals surface area contributed by atoms with Crippen molar-refractivity contribution in [3.05, 3.63) is 36.1 Å². The van der Waals surface area contributed by atoms with Crippen LogP contribution in [0.1, 0.15) is 18.9 Å². The van der Waals surface area contributed by atoms with Crippen molar-refractivity contribution in [2.24, 2.45) is 0 Å². The number of fused-ring (bicyclic) bond motifs is 1. The summed E-state index contributed by atoms with van der Waals surface area (Å²) in [6.45, 7) is 2.20. The maximum Gasteiger partial charge on any atom is 0.134 e. The molecule has 1 atom stereocenters. The summed E-state index contributed by atoms with van der Waals surface area (Å²) in [5, 5.41) is 4.42. The summed E-state index contributed by atoms with van der Waals surface area (Å²) in [7, 11) is 2.00. The molecule has 2 nitrogen and oxygen atoms in total. The molecule has 1 heterocycles. The van der Waals surface area contributed by atoms with Crippen LogP contribution >= 0.6 is 0 Å². The Morgan fingerprint density at radius 1 is 1.33 bits per heavy atom. The molecule has 1 aromatic heterocycles. The van der Waals surface area contributed by atoms with E-state index in [9.17, 15) is 0 Å². The van der Waals surface area contributed by atoms with E-state index in [-0.39, 0.29) is 0 Å². The lowest BCUT2D eigenvalue weighted by Crippen LogP contribution is -2.21. The molecule has 0 bridgehead atoms. The number of nitrogens with one attached hydrogen (secondary N) is 1. The quantitative estimate of drug-likeness (QED) is 0.826. The summed E-state index contributed by atoms with van der Waals surface area (Å²) in [6, 6.07) is 9.00. The summed E-state index contributed by atoms with van der Waals surface area (Å²) < 4.78 is 5.38. The van der Waals surface area contributed by atoms with Crippen molar-refractivity contribution in [2.75, 3.05) is 7.05 Å². The highest BCUT2D eigenvalue weighted by Gasteiger charge is 2.02. The van der Waals surface area contributed by atoms with Crippen molar-refractivity contribution in [2.45, 2.75) is 25.8 Å². The Hall–Kier alpha value is -1.28. The van der Waals surface area contributed by atoms with E-state index < -0.39 is 0 Å². The van der Waals surface area contributed by atoms with Crippen molar-refractivity contribution >= 4 is 11.0 Å². The Balaban J connectivity index is 2.08. The number of rotatable bonds is 4. The Labute approximate surface area is 90.3 Å². The first-order valence-electron chi connectivity index (χ1n) is 5.43. The first kappa shape index (κ1) is 10.2. The van der Waals surface area contributed by atoms with E-state index in [1.165, 1.54) is 10.9 Å². The standard InChI is InChI=1S/C13H17NO/c1-10(14-2)3-4-11-5-6-12-7-8-15-13(12)9-11/h5-10,14H,3-4H2,1-2H3/t10-/m0/s1. The van der Waals surface area contributed by atoms with Gasteiger partial charge in [-0.1, -0.05) is 12.1 Å². The van der Waals surface area contributed by atoms with Gasteiger partial charge in [-0.3, -0.25) is 0 Å². The molecule has 0 radical (unpaired) electrons. The minimum atomic E-state index is 0.567. The summed E-state index contributed by atoms with van der Waals surface area (Å²) in [4.78, 5) is 0. The molecule has 1 aromatic carbocycles. The zero-order chi connectivity index (χ0) is 10.7. The molecule has 0 fully saturated rings. The molecule has 0 amide bonds. The summed E-state index contributed by atoms with van der Waals surface area (Å²) in [5.74, 6) is 0. The minimum absolute atomic E-state index is 0.567. The van der Waals surface area contributed by atoms with Crippen molar-refractivity contribution in [3.8, 4) is 0 Å². The fourth-order valence-corrected chi connectivity index (χ4v) is 1.68. The van der Waals surface area contributed by atoms with Gasteiger partial charge in [0.1, 0.15) is 5.58 Å². The van der Waals surface area contributed by atoms with Crippen molar-refractivity contribution in [1.82, 2.24) is 5.32 Å². The van der Waals surface area contributed by atoms with Crippen LogP contribution in [0.2, 0.25) is 0 Å². The molecule has 0 aliphatic carbocycles. The van der Waals surface area contributed by atoms with Gasteiger partial charge in [0.15, 0.2) is 0 Å². The van der Waals surface area contributed by atoms with Gasteiger partial charge in [-0.05, 0) is 44.5 Å². The summed E-state index contributed by atoms with van der Waals surface area (Å²) in [5.41, 5.74) is 2.34. The largest absolute Gasteiger partial charge is 0.464 e. The van der Waals surface area contributed by atoms with Crippen LogP contribution in [0.15, 0.2) is 34.9 Å². The molecule has 0 saturated heterocycles. The van der Waals surface area contributed by atoms with E-state index in [2.05, 4.69) is 30.4 Å². The molecule has 0 saturated carbocycles. The van der Waals surface area contributed by atoms with Gasteiger partial charge >= 0.3 is 0 Å². The predicted molar refractivity (Wildman–Crippen MR) is 63.1 cm³/mol. The van der Waals surface area contributed by atoms with Gasteiger partial charge in [0.25, 0.3) is 0 Å². The van der Waals surface area contributed by atoms with E-state index in [1.807, 2.05) is 13.1 Å². The van der Waals surface area contributed by atoms with Crippen LogP contribution < -0.4 is 5.32 Å². The van der Waals surface area contributed by atoms with Crippen LogP contribution in [-0.2, 0) is 6.42 Å². The van der Waals surface area contributed by atoms with Crippen LogP contribution in [0.25, 0.3) is 11.0 Å². The van der Waals surface area contributed by atoms with Crippen LogP contribution in [0.4, 0.5) is 0 Å². The normalized spacial score (nSPS) is 13.2. The Kier molecular flexibility index (Phi) is 3.07. The third kappa shape index (κ3) is 2.39. The number of hydrogen-bond donors (Lipinski definition) is 1. The molecule has 2 rings (SSSR count). The Morgan fingerprint density at radius 2 is 2.20 bits per heavy atom. The van der Waals surface area contributed by atoms with Crippen LogP contribution in [0.5, 0.6) is 0 Å². The molecular formula is C13H17NO. The van der Waals surface area contributed by atoms with Crippen molar-refractivity contribution < 1.29 is 4.42 Å². The average Bonchev–Trinajstić information content (AvgIpc) is 2.72. The summed E-state index contributed by atoms with van der Waals surface area (Å²) in [6.07, 6.45) is 3.99. The molecule has 0 unspecified atom stereocenters. The van der Waals surface area contributed by atoms with E-state index in [0.717, 1.165) is 18.4 Å². The zero-order valence-electron chi connectivity index (χ0n) is 9.29. The molecular weight excluding hydrogens is 186 g/mol. The number of furan rings is 1. The molecule has 2 heteroatoms. The third-order valence-electron chi connectivity index (χ3n) is 2.88. The molecule has 0 aliphatic rings. The second kappa shape index (κ2) is 4.49. The predicted octanol–water partition coefficient (Wildman–Crippen LogP) is 2.97. The Morgan fingerprint density at radius 3 is 3.00 bits per heavy atom. The molecule has 0 aliphatic heterocycles. The zero-order valence-corrected chi connectivity index (χ0v) is 9.29. The van der Waals surface area contributed by atoms with Gasteiger partial charge in [0.2, 0.25) is 0 Å². The lowest BCUT2D eigenvalue weighted by Gasteiger charge is -2.09. The van der Waals surface area contributed by atoms with Crippen molar-refractivity contribution in [3.63, 3.8) is 0 Å². The first-order chi connectivity index (χ1) is 7.29. The topological polar surface area (TPSA) is 25.2 Å². The molecule has 1 N–H and O–H groups in total. The lowest BCUT2D eigenvalue weighted by atomic mass is 10.1. The summed E-state index contributed by atoms with van der Waals surface area (Å²) >= 11 is 0. The highest BCUT2D eigenvalue weighted by atomic mass is 16.3. The maximum atomic E-state index is 5.38. The first-order valence-corrected chi connectivity index (χ1v) is 5.43. The van der Waals surface area contributed by atoms with Gasteiger partial charge in [0, 0.05) is 11.4 Å². The van der Waals surface area contributed by atoms with E-state index in [4.69, 9.17) is 4.42 Å². The van der Waals surface area contributed by atoms with Crippen LogP contribution in [0, 0.1) is 0 Å². The SMILES string of the molecule is CN[C@@H](C)CCc1ccc2ccoc2c1. The molecule has 15 heavy (non-hydrogen) atoms. The van der Waals surface area contributed by atoms with E-state index in [0.29, 0.717) is 6.04 Å². The fraction of sp³-hybridized carbons (Fsp3) is 0.385. The van der Waals surface area contributed by atoms with Crippen LogP contribution in [0.3, 0.4) is 0 Å². The average molecular weight is 203 g/mol. The molecule has 0 spiro atoms. The number of aryl methyl sites for hydroxylation is 1. The lowest BCUT2D eigenvalue weighted by molar-refractivity contribution is 0.564. The van der Waals surface area contributed by atoms with E-state index >= 15 is 0 Å². The monoisotopic (exact) mass is 203 g/mol. The highest BCUT2D eigenvalue weighted by molar-refractivity contribution is 5.77. The van der Waals surface area contributed by atoms with Crippen LogP contribution in [-0.4, -0.2) is 13.1 Å². The van der Waals surface area contributed by atoms with Crippen molar-refractivity contribution in [1.29, 1.82) is 0 Å². The molecule has 80 valence electrons. The highest BCUT2D eigenvalue weighted by Crippen LogP contribution is 2.18. The molecule has 2 aromatic rings. The van der Waals surface area contributed by atoms with E-state index in [1.54, 1.807) is 6.26 Å². The minimum Gasteiger partial charge on any atom is -0.464 e. The Bertz CT molecular complexity index is 433. The second-order valence-electron chi connectivity index (χ2n) is 4.02. The van der Waals surface area contributed by atoms with Gasteiger partial charge in [-0.15, -0.1) is 0 Å². The number of benzene rings is 1. The third-order valence-corrected chi connectivity index (χ3v) is 2.88.